The number of likely N-dealkylation sites (tertiary alicyclic amines) is 1. The third-order valence-electron chi connectivity index (χ3n) is 2.64. The van der Waals surface area contributed by atoms with E-state index in [1.807, 2.05) is 0 Å². The third kappa shape index (κ3) is 2.87. The Labute approximate surface area is 95.4 Å². The molecule has 1 rings (SSSR count). The van der Waals surface area contributed by atoms with Crippen LogP contribution in [0.4, 0.5) is 4.79 Å². The van der Waals surface area contributed by atoms with E-state index in [-0.39, 0.29) is 6.54 Å². The second kappa shape index (κ2) is 3.96. The third-order valence-corrected chi connectivity index (χ3v) is 2.64. The van der Waals surface area contributed by atoms with Crippen molar-refractivity contribution < 1.29 is 19.4 Å². The minimum absolute atomic E-state index is 0.219. The first kappa shape index (κ1) is 12.8. The van der Waals surface area contributed by atoms with E-state index in [1.165, 1.54) is 4.90 Å². The molecule has 1 aliphatic rings. The van der Waals surface area contributed by atoms with E-state index < -0.39 is 23.1 Å². The molecule has 0 aliphatic carbocycles. The number of carboxylic acids is 1. The average Bonchev–Trinajstić information content (AvgIpc) is 2.46. The zero-order valence-electron chi connectivity index (χ0n) is 10.2. The lowest BCUT2D eigenvalue weighted by molar-refractivity contribution is -0.147. The first-order chi connectivity index (χ1) is 7.14. The fourth-order valence-corrected chi connectivity index (χ4v) is 1.62. The Balaban J connectivity index is 2.60. The molecule has 5 nitrogen and oxygen atoms in total. The second-order valence-electron chi connectivity index (χ2n) is 5.52. The Bertz CT molecular complexity index is 308. The molecule has 1 fully saturated rings. The van der Waals surface area contributed by atoms with Crippen molar-refractivity contribution in [2.75, 3.05) is 13.1 Å². The summed E-state index contributed by atoms with van der Waals surface area (Å²) in [5.74, 6) is -0.862. The highest BCUT2D eigenvalue weighted by Gasteiger charge is 2.43. The number of carbonyl (C=O) groups excluding carboxylic acids is 1. The molecular weight excluding hydrogens is 210 g/mol. The molecule has 1 heterocycles. The van der Waals surface area contributed by atoms with Gasteiger partial charge in [0, 0.05) is 13.1 Å². The zero-order valence-corrected chi connectivity index (χ0v) is 10.2. The molecular formula is C11H19NO4. The van der Waals surface area contributed by atoms with Gasteiger partial charge in [-0.15, -0.1) is 0 Å². The van der Waals surface area contributed by atoms with Crippen LogP contribution in [0.5, 0.6) is 0 Å². The summed E-state index contributed by atoms with van der Waals surface area (Å²) in [4.78, 5) is 24.1. The summed E-state index contributed by atoms with van der Waals surface area (Å²) in [6.07, 6.45) is 0.0409. The van der Waals surface area contributed by atoms with Crippen LogP contribution in [0.25, 0.3) is 0 Å². The summed E-state index contributed by atoms with van der Waals surface area (Å²) in [5, 5.41) is 9.03. The van der Waals surface area contributed by atoms with Crippen molar-refractivity contribution in [2.45, 2.75) is 39.7 Å². The Morgan fingerprint density at radius 1 is 1.38 bits per heavy atom. The number of amides is 1. The van der Waals surface area contributed by atoms with E-state index in [0.717, 1.165) is 0 Å². The van der Waals surface area contributed by atoms with Crippen LogP contribution < -0.4 is 0 Å². The summed E-state index contributed by atoms with van der Waals surface area (Å²) in [5.41, 5.74) is -1.38. The lowest BCUT2D eigenvalue weighted by Crippen LogP contribution is -2.38. The number of aliphatic carboxylic acids is 1. The summed E-state index contributed by atoms with van der Waals surface area (Å²) in [6.45, 7) is 7.68. The SMILES string of the molecule is CC(C)(C)OC(=O)N1CC[C@](C)(C(=O)O)C1. The maximum absolute atomic E-state index is 11.7. The monoisotopic (exact) mass is 229 g/mol. The quantitative estimate of drug-likeness (QED) is 0.743. The van der Waals surface area contributed by atoms with Gasteiger partial charge in [0.25, 0.3) is 0 Å². The smallest absolute Gasteiger partial charge is 0.410 e. The van der Waals surface area contributed by atoms with Crippen LogP contribution in [0.15, 0.2) is 0 Å². The van der Waals surface area contributed by atoms with Gasteiger partial charge in [0.15, 0.2) is 0 Å². The summed E-state index contributed by atoms with van der Waals surface area (Å²) < 4.78 is 5.19. The second-order valence-corrected chi connectivity index (χ2v) is 5.52. The number of hydrogen-bond donors (Lipinski definition) is 1. The number of carbonyl (C=O) groups is 2. The van der Waals surface area contributed by atoms with Crippen LogP contribution in [-0.4, -0.2) is 40.8 Å². The van der Waals surface area contributed by atoms with Crippen LogP contribution in [0.3, 0.4) is 0 Å². The molecule has 5 heteroatoms. The lowest BCUT2D eigenvalue weighted by atomic mass is 9.90. The molecule has 0 spiro atoms. The highest BCUT2D eigenvalue weighted by Crippen LogP contribution is 2.30. The van der Waals surface area contributed by atoms with Gasteiger partial charge in [0.05, 0.1) is 5.41 Å². The number of ether oxygens (including phenoxy) is 1. The van der Waals surface area contributed by atoms with Crippen LogP contribution in [-0.2, 0) is 9.53 Å². The fraction of sp³-hybridized carbons (Fsp3) is 0.818. The molecule has 0 aromatic carbocycles. The van der Waals surface area contributed by atoms with Gasteiger partial charge >= 0.3 is 12.1 Å². The molecule has 1 N–H and O–H groups in total. The van der Waals surface area contributed by atoms with Gasteiger partial charge in [-0.25, -0.2) is 4.79 Å². The number of hydrogen-bond acceptors (Lipinski definition) is 3. The van der Waals surface area contributed by atoms with Crippen molar-refractivity contribution in [3.8, 4) is 0 Å². The molecule has 1 amide bonds. The van der Waals surface area contributed by atoms with E-state index in [9.17, 15) is 9.59 Å². The normalized spacial score (nSPS) is 25.6. The number of rotatable bonds is 1. The topological polar surface area (TPSA) is 66.8 Å². The first-order valence-electron chi connectivity index (χ1n) is 5.35. The molecule has 0 bridgehead atoms. The maximum atomic E-state index is 11.7. The molecule has 0 aromatic heterocycles. The van der Waals surface area contributed by atoms with E-state index >= 15 is 0 Å². The van der Waals surface area contributed by atoms with Crippen molar-refractivity contribution in [3.05, 3.63) is 0 Å². The predicted octanol–water partition coefficient (Wildman–Crippen LogP) is 1.72. The van der Waals surface area contributed by atoms with Gasteiger partial charge in [-0.1, -0.05) is 0 Å². The van der Waals surface area contributed by atoms with Gasteiger partial charge in [0.2, 0.25) is 0 Å². The van der Waals surface area contributed by atoms with Crippen LogP contribution in [0.2, 0.25) is 0 Å². The Kier molecular flexibility index (Phi) is 3.17. The summed E-state index contributed by atoms with van der Waals surface area (Å²) >= 11 is 0. The Morgan fingerprint density at radius 3 is 2.31 bits per heavy atom. The molecule has 0 saturated carbocycles. The van der Waals surface area contributed by atoms with E-state index in [1.54, 1.807) is 27.7 Å². The molecule has 0 unspecified atom stereocenters. The van der Waals surface area contributed by atoms with Crippen molar-refractivity contribution in [3.63, 3.8) is 0 Å². The van der Waals surface area contributed by atoms with E-state index in [4.69, 9.17) is 9.84 Å². The maximum Gasteiger partial charge on any atom is 0.410 e. The van der Waals surface area contributed by atoms with E-state index in [2.05, 4.69) is 0 Å². The summed E-state index contributed by atoms with van der Waals surface area (Å²) in [6, 6.07) is 0. The number of carboxylic acid groups (broad SMARTS) is 1. The molecule has 1 saturated heterocycles. The largest absolute Gasteiger partial charge is 0.481 e. The van der Waals surface area contributed by atoms with Gasteiger partial charge < -0.3 is 14.7 Å². The highest BCUT2D eigenvalue weighted by molar-refractivity contribution is 5.77. The minimum Gasteiger partial charge on any atom is -0.481 e. The molecule has 16 heavy (non-hydrogen) atoms. The van der Waals surface area contributed by atoms with Gasteiger partial charge in [0.1, 0.15) is 5.60 Å². The Hall–Kier alpha value is -1.26. The standard InChI is InChI=1S/C11H19NO4/c1-10(2,3)16-9(15)12-6-5-11(4,7-12)8(13)14/h5-7H2,1-4H3,(H,13,14)/t11-/m0/s1. The summed E-state index contributed by atoms with van der Waals surface area (Å²) in [7, 11) is 0. The molecule has 92 valence electrons. The predicted molar refractivity (Wildman–Crippen MR) is 58.2 cm³/mol. The number of nitrogens with zero attached hydrogens (tertiary/aromatic N) is 1. The van der Waals surface area contributed by atoms with Crippen molar-refractivity contribution in [1.82, 2.24) is 4.90 Å². The van der Waals surface area contributed by atoms with Crippen LogP contribution in [0, 0.1) is 5.41 Å². The molecule has 0 aromatic rings. The zero-order chi connectivity index (χ0) is 12.6. The average molecular weight is 229 g/mol. The molecule has 1 aliphatic heterocycles. The minimum atomic E-state index is -0.862. The van der Waals surface area contributed by atoms with Crippen molar-refractivity contribution in [1.29, 1.82) is 0 Å². The van der Waals surface area contributed by atoms with Crippen molar-refractivity contribution in [2.24, 2.45) is 5.41 Å². The highest BCUT2D eigenvalue weighted by atomic mass is 16.6. The van der Waals surface area contributed by atoms with Crippen LogP contribution >= 0.6 is 0 Å². The molecule has 0 radical (unpaired) electrons. The van der Waals surface area contributed by atoms with Gasteiger partial charge in [-0.2, -0.15) is 0 Å². The molecule has 1 atom stereocenters. The van der Waals surface area contributed by atoms with Gasteiger partial charge in [-0.05, 0) is 34.1 Å². The Morgan fingerprint density at radius 2 is 1.94 bits per heavy atom. The van der Waals surface area contributed by atoms with E-state index in [0.29, 0.717) is 13.0 Å². The lowest BCUT2D eigenvalue weighted by Gasteiger charge is -2.25. The van der Waals surface area contributed by atoms with Crippen LogP contribution in [0.1, 0.15) is 34.1 Å². The first-order valence-corrected chi connectivity index (χ1v) is 5.35. The van der Waals surface area contributed by atoms with Gasteiger partial charge in [-0.3, -0.25) is 4.79 Å². The van der Waals surface area contributed by atoms with Crippen molar-refractivity contribution >= 4 is 12.1 Å². The fourth-order valence-electron chi connectivity index (χ4n) is 1.62.